The number of aliphatic hydroxyl groups is 3. The van der Waals surface area contributed by atoms with Gasteiger partial charge in [0.05, 0.1) is 18.7 Å². The van der Waals surface area contributed by atoms with Gasteiger partial charge in [0.2, 0.25) is 11.7 Å². The number of nitrogens with one attached hydrogen (secondary N) is 2. The second-order valence-electron chi connectivity index (χ2n) is 6.83. The van der Waals surface area contributed by atoms with E-state index in [0.717, 1.165) is 4.88 Å². The van der Waals surface area contributed by atoms with Crippen molar-refractivity contribution >= 4 is 23.2 Å². The summed E-state index contributed by atoms with van der Waals surface area (Å²) < 4.78 is 5.38. The van der Waals surface area contributed by atoms with Crippen LogP contribution in [0.1, 0.15) is 18.7 Å². The van der Waals surface area contributed by atoms with Gasteiger partial charge in [0.15, 0.2) is 0 Å². The van der Waals surface area contributed by atoms with Gasteiger partial charge in [-0.25, -0.2) is 4.79 Å². The Bertz CT molecular complexity index is 692. The highest BCUT2D eigenvalue weighted by atomic mass is 32.1. The fourth-order valence-electron chi connectivity index (χ4n) is 2.78. The molecule has 0 aliphatic carbocycles. The lowest BCUT2D eigenvalue weighted by Gasteiger charge is -2.40. The van der Waals surface area contributed by atoms with Crippen molar-refractivity contribution in [1.29, 1.82) is 0 Å². The number of carbonyl (C=O) groups is 2. The average molecular weight is 414 g/mol. The van der Waals surface area contributed by atoms with Crippen LogP contribution in [0.15, 0.2) is 29.3 Å². The zero-order valence-corrected chi connectivity index (χ0v) is 16.4. The number of hydrogen-bond acceptors (Lipinski definition) is 8. The van der Waals surface area contributed by atoms with E-state index in [1.54, 1.807) is 13.8 Å². The van der Waals surface area contributed by atoms with E-state index in [0.29, 0.717) is 6.54 Å². The summed E-state index contributed by atoms with van der Waals surface area (Å²) in [6.07, 6.45) is -3.12. The van der Waals surface area contributed by atoms with E-state index in [1.807, 2.05) is 17.5 Å². The predicted octanol–water partition coefficient (Wildman–Crippen LogP) is -0.571. The minimum Gasteiger partial charge on any atom is -0.478 e. The largest absolute Gasteiger partial charge is 0.478 e. The summed E-state index contributed by atoms with van der Waals surface area (Å²) in [5.74, 6) is -2.43. The lowest BCUT2D eigenvalue weighted by Crippen LogP contribution is -2.63. The van der Waals surface area contributed by atoms with Crippen molar-refractivity contribution in [2.24, 2.45) is 5.92 Å². The maximum Gasteiger partial charge on any atom is 0.370 e. The Labute approximate surface area is 166 Å². The summed E-state index contributed by atoms with van der Waals surface area (Å²) in [7, 11) is 0. The SMILES string of the molecule is CC(C)C(=O)N[C@H]1[C@H]([C@H](O)[C@H](O)CO)OC(C(=O)O)=C[C@@H]1NCc1cccs1. The van der Waals surface area contributed by atoms with Gasteiger partial charge in [-0.2, -0.15) is 0 Å². The van der Waals surface area contributed by atoms with Crippen LogP contribution in [0.5, 0.6) is 0 Å². The summed E-state index contributed by atoms with van der Waals surface area (Å²) in [6.45, 7) is 3.05. The van der Waals surface area contributed by atoms with Crippen LogP contribution >= 0.6 is 11.3 Å². The topological polar surface area (TPSA) is 148 Å². The van der Waals surface area contributed by atoms with Crippen LogP contribution in [0, 0.1) is 5.92 Å². The Morgan fingerprint density at radius 1 is 1.32 bits per heavy atom. The molecule has 0 saturated heterocycles. The Morgan fingerprint density at radius 3 is 2.57 bits per heavy atom. The number of hydrogen-bond donors (Lipinski definition) is 6. The van der Waals surface area contributed by atoms with Gasteiger partial charge in [-0.3, -0.25) is 4.79 Å². The predicted molar refractivity (Wildman–Crippen MR) is 101 cm³/mol. The van der Waals surface area contributed by atoms with Crippen molar-refractivity contribution < 1.29 is 34.8 Å². The molecular weight excluding hydrogens is 388 g/mol. The molecule has 0 aromatic carbocycles. The number of carboxylic acids is 1. The molecule has 28 heavy (non-hydrogen) atoms. The number of amides is 1. The van der Waals surface area contributed by atoms with E-state index >= 15 is 0 Å². The molecule has 0 radical (unpaired) electrons. The van der Waals surface area contributed by atoms with E-state index in [4.69, 9.17) is 9.84 Å². The standard InChI is InChI=1S/C18H26N2O7S/c1-9(2)17(24)20-14-11(19-7-10-4-3-5-28-10)6-13(18(25)26)27-16(14)15(23)12(22)8-21/h3-6,9,11-12,14-16,19,21-23H,7-8H2,1-2H3,(H,20,24)(H,25,26)/t11-,12+,14+,15+,16+/m0/s1. The molecule has 1 aliphatic rings. The summed E-state index contributed by atoms with van der Waals surface area (Å²) in [5, 5.41) is 46.6. The van der Waals surface area contributed by atoms with Gasteiger partial charge < -0.3 is 35.8 Å². The molecule has 1 aromatic rings. The fourth-order valence-corrected chi connectivity index (χ4v) is 3.44. The summed E-state index contributed by atoms with van der Waals surface area (Å²) in [4.78, 5) is 24.8. The van der Waals surface area contributed by atoms with Gasteiger partial charge >= 0.3 is 5.97 Å². The first-order valence-electron chi connectivity index (χ1n) is 8.89. The lowest BCUT2D eigenvalue weighted by molar-refractivity contribution is -0.146. The molecule has 0 spiro atoms. The first-order valence-corrected chi connectivity index (χ1v) is 9.77. The summed E-state index contributed by atoms with van der Waals surface area (Å²) in [6, 6.07) is 2.23. The fraction of sp³-hybridized carbons (Fsp3) is 0.556. The number of aliphatic carboxylic acids is 1. The normalized spacial score (nSPS) is 24.2. The van der Waals surface area contributed by atoms with Gasteiger partial charge in [-0.15, -0.1) is 11.3 Å². The van der Waals surface area contributed by atoms with Gasteiger partial charge in [0.25, 0.3) is 0 Å². The Hall–Kier alpha value is -1.98. The van der Waals surface area contributed by atoms with Crippen LogP contribution in [-0.4, -0.2) is 69.3 Å². The molecule has 0 fully saturated rings. The van der Waals surface area contributed by atoms with Crippen molar-refractivity contribution in [1.82, 2.24) is 10.6 Å². The molecule has 9 nitrogen and oxygen atoms in total. The van der Waals surface area contributed by atoms with Crippen LogP contribution in [0.4, 0.5) is 0 Å². The Kier molecular flexibility index (Phi) is 7.96. The highest BCUT2D eigenvalue weighted by Gasteiger charge is 2.43. The number of ether oxygens (including phenoxy) is 1. The number of carbonyl (C=O) groups excluding carboxylic acids is 1. The van der Waals surface area contributed by atoms with Crippen molar-refractivity contribution in [2.75, 3.05) is 6.61 Å². The quantitative estimate of drug-likeness (QED) is 0.315. The van der Waals surface area contributed by atoms with E-state index in [-0.39, 0.29) is 11.8 Å². The number of rotatable bonds is 9. The third kappa shape index (κ3) is 5.52. The van der Waals surface area contributed by atoms with E-state index in [2.05, 4.69) is 10.6 Å². The summed E-state index contributed by atoms with van der Waals surface area (Å²) in [5.41, 5.74) is 0. The van der Waals surface area contributed by atoms with Crippen molar-refractivity contribution in [3.63, 3.8) is 0 Å². The Balaban J connectivity index is 2.33. The van der Waals surface area contributed by atoms with Crippen LogP contribution in [-0.2, 0) is 20.9 Å². The van der Waals surface area contributed by atoms with E-state index in [9.17, 15) is 24.9 Å². The Morgan fingerprint density at radius 2 is 2.04 bits per heavy atom. The maximum atomic E-state index is 12.3. The highest BCUT2D eigenvalue weighted by molar-refractivity contribution is 7.09. The van der Waals surface area contributed by atoms with E-state index in [1.165, 1.54) is 17.4 Å². The van der Waals surface area contributed by atoms with Gasteiger partial charge in [0, 0.05) is 17.3 Å². The van der Waals surface area contributed by atoms with Crippen LogP contribution in [0.25, 0.3) is 0 Å². The van der Waals surface area contributed by atoms with Gasteiger partial charge in [0.1, 0.15) is 18.3 Å². The monoisotopic (exact) mass is 414 g/mol. The van der Waals surface area contributed by atoms with Crippen LogP contribution in [0.3, 0.4) is 0 Å². The van der Waals surface area contributed by atoms with Crippen molar-refractivity contribution in [3.8, 4) is 0 Å². The van der Waals surface area contributed by atoms with Crippen molar-refractivity contribution in [3.05, 3.63) is 34.2 Å². The van der Waals surface area contributed by atoms with Crippen molar-refractivity contribution in [2.45, 2.75) is 50.8 Å². The molecule has 1 aromatic heterocycles. The lowest BCUT2D eigenvalue weighted by atomic mass is 9.91. The molecule has 2 heterocycles. The molecule has 0 unspecified atom stereocenters. The van der Waals surface area contributed by atoms with Crippen LogP contribution < -0.4 is 10.6 Å². The molecule has 10 heteroatoms. The molecule has 156 valence electrons. The number of carboxylic acid groups (broad SMARTS) is 1. The van der Waals surface area contributed by atoms with Crippen LogP contribution in [0.2, 0.25) is 0 Å². The summed E-state index contributed by atoms with van der Waals surface area (Å²) >= 11 is 1.51. The van der Waals surface area contributed by atoms with Gasteiger partial charge in [-0.05, 0) is 17.5 Å². The zero-order chi connectivity index (χ0) is 20.8. The molecule has 1 amide bonds. The second-order valence-corrected chi connectivity index (χ2v) is 7.87. The molecule has 5 atom stereocenters. The molecule has 0 bridgehead atoms. The first kappa shape index (κ1) is 22.3. The third-order valence-electron chi connectivity index (χ3n) is 4.39. The minimum absolute atomic E-state index is 0.320. The molecule has 1 aliphatic heterocycles. The first-order chi connectivity index (χ1) is 13.2. The number of aliphatic hydroxyl groups excluding tert-OH is 3. The smallest absolute Gasteiger partial charge is 0.370 e. The van der Waals surface area contributed by atoms with Gasteiger partial charge in [-0.1, -0.05) is 19.9 Å². The van der Waals surface area contributed by atoms with E-state index < -0.39 is 48.7 Å². The highest BCUT2D eigenvalue weighted by Crippen LogP contribution is 2.24. The third-order valence-corrected chi connectivity index (χ3v) is 5.27. The minimum atomic E-state index is -1.61. The molecular formula is C18H26N2O7S. The molecule has 6 N–H and O–H groups in total. The number of thiophene rings is 1. The average Bonchev–Trinajstić information content (AvgIpc) is 3.18. The second kappa shape index (κ2) is 9.99. The molecule has 0 saturated carbocycles. The molecule has 2 rings (SSSR count). The maximum absolute atomic E-state index is 12.3. The zero-order valence-electron chi connectivity index (χ0n) is 15.6.